The van der Waals surface area contributed by atoms with Crippen LogP contribution in [0.25, 0.3) is 0 Å². The van der Waals surface area contributed by atoms with Gasteiger partial charge in [-0.15, -0.1) is 0 Å². The zero-order valence-corrected chi connectivity index (χ0v) is 8.86. The molecular formula is C11H15N3O. The van der Waals surface area contributed by atoms with Crippen LogP contribution in [-0.4, -0.2) is 23.1 Å². The Morgan fingerprint density at radius 3 is 2.67 bits per heavy atom. The van der Waals surface area contributed by atoms with Crippen molar-refractivity contribution in [3.8, 4) is 5.88 Å². The fourth-order valence-electron chi connectivity index (χ4n) is 1.58. The van der Waals surface area contributed by atoms with E-state index in [0.717, 1.165) is 11.6 Å². The van der Waals surface area contributed by atoms with Crippen molar-refractivity contribution in [1.29, 1.82) is 0 Å². The minimum atomic E-state index is 0.569. The molecule has 0 aliphatic heterocycles. The van der Waals surface area contributed by atoms with Gasteiger partial charge in [-0.1, -0.05) is 0 Å². The number of hydrogen-bond donors (Lipinski definition) is 1. The first-order chi connectivity index (χ1) is 7.35. The molecule has 2 fully saturated rings. The third kappa shape index (κ3) is 2.03. The normalized spacial score (nSPS) is 20.1. The quantitative estimate of drug-likeness (QED) is 0.816. The van der Waals surface area contributed by atoms with Crippen molar-refractivity contribution in [1.82, 2.24) is 9.97 Å². The van der Waals surface area contributed by atoms with Crippen LogP contribution in [-0.2, 0) is 0 Å². The van der Waals surface area contributed by atoms with Crippen LogP contribution in [0.3, 0.4) is 0 Å². The van der Waals surface area contributed by atoms with E-state index in [1.54, 1.807) is 7.11 Å². The molecule has 1 aromatic heterocycles. The number of nitrogens with one attached hydrogen (secondary N) is 1. The summed E-state index contributed by atoms with van der Waals surface area (Å²) in [5.41, 5.74) is 0. The molecule has 2 saturated carbocycles. The molecule has 80 valence electrons. The first-order valence-electron chi connectivity index (χ1n) is 5.54. The van der Waals surface area contributed by atoms with Crippen molar-refractivity contribution in [3.05, 3.63) is 11.9 Å². The van der Waals surface area contributed by atoms with E-state index in [9.17, 15) is 0 Å². The standard InChI is InChI=1S/C11H15N3O/c1-15-10-6-9(12-8-4-5-8)13-11(14-10)7-2-3-7/h6-8H,2-5H2,1H3,(H,12,13,14). The Hall–Kier alpha value is -1.32. The molecule has 0 aromatic carbocycles. The van der Waals surface area contributed by atoms with Crippen LogP contribution in [0.15, 0.2) is 6.07 Å². The average molecular weight is 205 g/mol. The van der Waals surface area contributed by atoms with Crippen LogP contribution in [0.5, 0.6) is 5.88 Å². The van der Waals surface area contributed by atoms with Gasteiger partial charge in [0.05, 0.1) is 7.11 Å². The molecule has 0 saturated heterocycles. The van der Waals surface area contributed by atoms with Gasteiger partial charge in [-0.2, -0.15) is 4.98 Å². The predicted octanol–water partition coefficient (Wildman–Crippen LogP) is 1.94. The number of hydrogen-bond acceptors (Lipinski definition) is 4. The number of rotatable bonds is 4. The van der Waals surface area contributed by atoms with Crippen LogP contribution in [0.2, 0.25) is 0 Å². The van der Waals surface area contributed by atoms with Crippen LogP contribution >= 0.6 is 0 Å². The highest BCUT2D eigenvalue weighted by molar-refractivity contribution is 5.41. The van der Waals surface area contributed by atoms with Crippen molar-refractivity contribution in [2.75, 3.05) is 12.4 Å². The average Bonchev–Trinajstić information content (AvgIpc) is 3.10. The number of ether oxygens (including phenoxy) is 1. The lowest BCUT2D eigenvalue weighted by Crippen LogP contribution is -2.06. The van der Waals surface area contributed by atoms with Crippen molar-refractivity contribution < 1.29 is 4.74 Å². The molecule has 4 nitrogen and oxygen atoms in total. The molecule has 0 amide bonds. The molecule has 1 N–H and O–H groups in total. The highest BCUT2D eigenvalue weighted by Gasteiger charge is 2.28. The topological polar surface area (TPSA) is 47.0 Å². The lowest BCUT2D eigenvalue weighted by molar-refractivity contribution is 0.395. The Labute approximate surface area is 89.1 Å². The molecule has 3 rings (SSSR count). The van der Waals surface area contributed by atoms with Crippen molar-refractivity contribution in [2.45, 2.75) is 37.6 Å². The van der Waals surface area contributed by atoms with E-state index in [4.69, 9.17) is 4.74 Å². The molecule has 4 heteroatoms. The summed E-state index contributed by atoms with van der Waals surface area (Å²) in [5, 5.41) is 3.38. The van der Waals surface area contributed by atoms with Crippen LogP contribution < -0.4 is 10.1 Å². The van der Waals surface area contributed by atoms with Gasteiger partial charge in [0, 0.05) is 18.0 Å². The van der Waals surface area contributed by atoms with Gasteiger partial charge in [-0.3, -0.25) is 0 Å². The molecule has 15 heavy (non-hydrogen) atoms. The number of nitrogens with zero attached hydrogens (tertiary/aromatic N) is 2. The monoisotopic (exact) mass is 205 g/mol. The van der Waals surface area contributed by atoms with Gasteiger partial charge >= 0.3 is 0 Å². The SMILES string of the molecule is COc1cc(NC2CC2)nc(C2CC2)n1. The fraction of sp³-hybridized carbons (Fsp3) is 0.636. The minimum Gasteiger partial charge on any atom is -0.481 e. The summed E-state index contributed by atoms with van der Waals surface area (Å²) in [4.78, 5) is 8.89. The van der Waals surface area contributed by atoms with E-state index in [0.29, 0.717) is 17.8 Å². The summed E-state index contributed by atoms with van der Waals surface area (Å²) in [6, 6.07) is 2.50. The molecule has 0 radical (unpaired) electrons. The maximum atomic E-state index is 5.18. The van der Waals surface area contributed by atoms with Gasteiger partial charge in [0.1, 0.15) is 11.6 Å². The van der Waals surface area contributed by atoms with Crippen LogP contribution in [0, 0.1) is 0 Å². The van der Waals surface area contributed by atoms with Gasteiger partial charge in [0.2, 0.25) is 5.88 Å². The Morgan fingerprint density at radius 1 is 1.27 bits per heavy atom. The van der Waals surface area contributed by atoms with Crippen LogP contribution in [0.1, 0.15) is 37.4 Å². The second-order valence-electron chi connectivity index (χ2n) is 4.35. The maximum Gasteiger partial charge on any atom is 0.218 e. The second-order valence-corrected chi connectivity index (χ2v) is 4.35. The summed E-state index contributed by atoms with van der Waals surface area (Å²) in [7, 11) is 1.65. The Morgan fingerprint density at radius 2 is 2.07 bits per heavy atom. The zero-order valence-electron chi connectivity index (χ0n) is 8.86. The molecule has 1 heterocycles. The summed E-state index contributed by atoms with van der Waals surface area (Å²) in [5.74, 6) is 3.11. The van der Waals surface area contributed by atoms with E-state index < -0.39 is 0 Å². The number of methoxy groups -OCH3 is 1. The summed E-state index contributed by atoms with van der Waals surface area (Å²) in [6.45, 7) is 0. The van der Waals surface area contributed by atoms with Crippen molar-refractivity contribution in [3.63, 3.8) is 0 Å². The zero-order chi connectivity index (χ0) is 10.3. The van der Waals surface area contributed by atoms with Gasteiger partial charge in [-0.25, -0.2) is 4.98 Å². The van der Waals surface area contributed by atoms with Gasteiger partial charge in [0.15, 0.2) is 0 Å². The molecule has 2 aliphatic rings. The molecular weight excluding hydrogens is 190 g/mol. The number of anilines is 1. The van der Waals surface area contributed by atoms with Crippen molar-refractivity contribution >= 4 is 5.82 Å². The fourth-order valence-corrected chi connectivity index (χ4v) is 1.58. The predicted molar refractivity (Wildman–Crippen MR) is 57.2 cm³/mol. The molecule has 1 aromatic rings. The first kappa shape index (κ1) is 8.95. The number of aromatic nitrogens is 2. The van der Waals surface area contributed by atoms with Crippen LogP contribution in [0.4, 0.5) is 5.82 Å². The lowest BCUT2D eigenvalue weighted by atomic mass is 10.4. The third-order valence-corrected chi connectivity index (χ3v) is 2.80. The molecule has 0 atom stereocenters. The van der Waals surface area contributed by atoms with Gasteiger partial charge < -0.3 is 10.1 Å². The van der Waals surface area contributed by atoms with E-state index >= 15 is 0 Å². The highest BCUT2D eigenvalue weighted by Crippen LogP contribution is 2.39. The van der Waals surface area contributed by atoms with Gasteiger partial charge in [0.25, 0.3) is 0 Å². The van der Waals surface area contributed by atoms with Crippen molar-refractivity contribution in [2.24, 2.45) is 0 Å². The summed E-state index contributed by atoms with van der Waals surface area (Å²) < 4.78 is 5.18. The maximum absolute atomic E-state index is 5.18. The summed E-state index contributed by atoms with van der Waals surface area (Å²) >= 11 is 0. The Balaban J connectivity index is 1.86. The Kier molecular flexibility index (Phi) is 2.01. The smallest absolute Gasteiger partial charge is 0.218 e. The van der Waals surface area contributed by atoms with E-state index in [-0.39, 0.29) is 0 Å². The largest absolute Gasteiger partial charge is 0.481 e. The molecule has 2 aliphatic carbocycles. The van der Waals surface area contributed by atoms with E-state index in [1.807, 2.05) is 6.07 Å². The first-order valence-corrected chi connectivity index (χ1v) is 5.54. The Bertz CT molecular complexity index is 372. The second kappa shape index (κ2) is 3.36. The molecule has 0 bridgehead atoms. The molecule has 0 spiro atoms. The van der Waals surface area contributed by atoms with E-state index in [2.05, 4.69) is 15.3 Å². The van der Waals surface area contributed by atoms with E-state index in [1.165, 1.54) is 25.7 Å². The molecule has 0 unspecified atom stereocenters. The minimum absolute atomic E-state index is 0.569. The van der Waals surface area contributed by atoms with Gasteiger partial charge in [-0.05, 0) is 25.7 Å². The highest BCUT2D eigenvalue weighted by atomic mass is 16.5. The third-order valence-electron chi connectivity index (χ3n) is 2.80. The summed E-state index contributed by atoms with van der Waals surface area (Å²) in [6.07, 6.45) is 4.95. The lowest BCUT2D eigenvalue weighted by Gasteiger charge is -2.07.